The average Bonchev–Trinajstić information content (AvgIpc) is 2.80. The van der Waals surface area contributed by atoms with Crippen LogP contribution in [0.2, 0.25) is 0 Å². The van der Waals surface area contributed by atoms with E-state index >= 15 is 0 Å². The van der Waals surface area contributed by atoms with Crippen LogP contribution in [0, 0.1) is 16.7 Å². The standard InChI is InChI=1S/C29H35N/c1-3-5-10-18-29(19-11-6-4-2)20-17-27(25-14-8-7-9-15-25)28(22-29)26-16-12-13-24(21-26)23-30/h7-9,12-17,20-21H,3-6,10-11,18-19,22H2,1-2H3. The number of hydrogen-bond donors (Lipinski definition) is 0. The molecule has 30 heavy (non-hydrogen) atoms. The molecule has 0 heterocycles. The lowest BCUT2D eigenvalue weighted by molar-refractivity contribution is 0.304. The van der Waals surface area contributed by atoms with Crippen LogP contribution in [0.1, 0.15) is 88.3 Å². The second kappa shape index (κ2) is 11.0. The third-order valence-electron chi connectivity index (χ3n) is 6.44. The van der Waals surface area contributed by atoms with Gasteiger partial charge in [-0.1, -0.05) is 107 Å². The lowest BCUT2D eigenvalue weighted by Crippen LogP contribution is -2.22. The molecule has 0 aromatic heterocycles. The first-order chi connectivity index (χ1) is 14.7. The first-order valence-corrected chi connectivity index (χ1v) is 11.7. The molecule has 0 fully saturated rings. The molecule has 0 unspecified atom stereocenters. The molecular weight excluding hydrogens is 362 g/mol. The number of rotatable bonds is 10. The van der Waals surface area contributed by atoms with Gasteiger partial charge in [-0.25, -0.2) is 0 Å². The Kier molecular flexibility index (Phi) is 8.09. The third kappa shape index (κ3) is 5.51. The number of allylic oxidation sites excluding steroid dienone is 4. The fourth-order valence-electron chi connectivity index (χ4n) is 4.71. The second-order valence-electron chi connectivity index (χ2n) is 8.74. The summed E-state index contributed by atoms with van der Waals surface area (Å²) in [6.07, 6.45) is 16.2. The summed E-state index contributed by atoms with van der Waals surface area (Å²) in [7, 11) is 0. The number of nitriles is 1. The molecule has 1 aliphatic rings. The maximum absolute atomic E-state index is 9.45. The van der Waals surface area contributed by atoms with Gasteiger partial charge in [-0.3, -0.25) is 0 Å². The molecule has 0 aliphatic heterocycles. The summed E-state index contributed by atoms with van der Waals surface area (Å²) in [4.78, 5) is 0. The maximum Gasteiger partial charge on any atom is 0.0991 e. The zero-order chi connectivity index (χ0) is 21.2. The number of benzene rings is 2. The summed E-state index contributed by atoms with van der Waals surface area (Å²) in [6.45, 7) is 4.57. The van der Waals surface area contributed by atoms with E-state index in [1.165, 1.54) is 73.6 Å². The van der Waals surface area contributed by atoms with E-state index in [1.54, 1.807) is 0 Å². The Balaban J connectivity index is 2.03. The molecule has 0 N–H and O–H groups in total. The lowest BCUT2D eigenvalue weighted by Gasteiger charge is -2.36. The van der Waals surface area contributed by atoms with Crippen LogP contribution in [0.4, 0.5) is 0 Å². The highest BCUT2D eigenvalue weighted by Gasteiger charge is 2.32. The van der Waals surface area contributed by atoms with Gasteiger partial charge < -0.3 is 0 Å². The number of nitrogens with zero attached hydrogens (tertiary/aromatic N) is 1. The third-order valence-corrected chi connectivity index (χ3v) is 6.44. The normalized spacial score (nSPS) is 15.2. The Bertz CT molecular complexity index is 901. The summed E-state index contributed by atoms with van der Waals surface area (Å²) in [5.41, 5.74) is 6.15. The Labute approximate surface area is 183 Å². The SMILES string of the molecule is CCCCCC1(CCCCC)C=CC(c2ccccc2)=C(c2cccc(C#N)c2)C1. The molecule has 0 saturated heterocycles. The lowest BCUT2D eigenvalue weighted by atomic mass is 9.68. The van der Waals surface area contributed by atoms with Gasteiger partial charge in [0.25, 0.3) is 0 Å². The Morgan fingerprint density at radius 2 is 1.50 bits per heavy atom. The van der Waals surface area contributed by atoms with E-state index in [2.05, 4.69) is 74.5 Å². The predicted molar refractivity (Wildman–Crippen MR) is 129 cm³/mol. The minimum Gasteiger partial charge on any atom is -0.192 e. The molecule has 1 nitrogen and oxygen atoms in total. The summed E-state index contributed by atoms with van der Waals surface area (Å²) < 4.78 is 0. The first kappa shape index (κ1) is 22.1. The largest absolute Gasteiger partial charge is 0.192 e. The van der Waals surface area contributed by atoms with Gasteiger partial charge in [-0.15, -0.1) is 0 Å². The fourth-order valence-corrected chi connectivity index (χ4v) is 4.71. The van der Waals surface area contributed by atoms with Crippen molar-refractivity contribution in [2.75, 3.05) is 0 Å². The van der Waals surface area contributed by atoms with Crippen molar-refractivity contribution < 1.29 is 0 Å². The molecule has 0 radical (unpaired) electrons. The van der Waals surface area contributed by atoms with Crippen molar-refractivity contribution in [3.05, 3.63) is 83.4 Å². The summed E-state index contributed by atoms with van der Waals surface area (Å²) >= 11 is 0. The van der Waals surface area contributed by atoms with E-state index < -0.39 is 0 Å². The fraction of sp³-hybridized carbons (Fsp3) is 0.414. The van der Waals surface area contributed by atoms with Crippen molar-refractivity contribution >= 4 is 11.1 Å². The van der Waals surface area contributed by atoms with E-state index in [-0.39, 0.29) is 5.41 Å². The smallest absolute Gasteiger partial charge is 0.0991 e. The highest BCUT2D eigenvalue weighted by atomic mass is 14.4. The molecule has 3 rings (SSSR count). The molecule has 0 spiro atoms. The second-order valence-corrected chi connectivity index (χ2v) is 8.74. The highest BCUT2D eigenvalue weighted by Crippen LogP contribution is 2.48. The molecule has 1 aliphatic carbocycles. The maximum atomic E-state index is 9.45. The van der Waals surface area contributed by atoms with Gasteiger partial charge >= 0.3 is 0 Å². The zero-order valence-electron chi connectivity index (χ0n) is 18.7. The quantitative estimate of drug-likeness (QED) is 0.368. The molecule has 0 amide bonds. The van der Waals surface area contributed by atoms with Gasteiger partial charge in [-0.05, 0) is 59.1 Å². The Hall–Kier alpha value is -2.59. The van der Waals surface area contributed by atoms with Crippen LogP contribution in [-0.4, -0.2) is 0 Å². The summed E-state index contributed by atoms with van der Waals surface area (Å²) in [5.74, 6) is 0. The topological polar surface area (TPSA) is 23.8 Å². The van der Waals surface area contributed by atoms with Gasteiger partial charge in [0.05, 0.1) is 11.6 Å². The molecule has 0 saturated carbocycles. The van der Waals surface area contributed by atoms with Crippen LogP contribution in [0.5, 0.6) is 0 Å². The van der Waals surface area contributed by atoms with Crippen LogP contribution >= 0.6 is 0 Å². The molecule has 156 valence electrons. The predicted octanol–water partition coefficient (Wildman–Crippen LogP) is 8.58. The Morgan fingerprint density at radius 1 is 0.833 bits per heavy atom. The molecule has 2 aromatic rings. The van der Waals surface area contributed by atoms with E-state index in [9.17, 15) is 5.26 Å². The minimum atomic E-state index is 0.237. The van der Waals surface area contributed by atoms with Crippen molar-refractivity contribution in [3.63, 3.8) is 0 Å². The van der Waals surface area contributed by atoms with Crippen molar-refractivity contribution in [1.82, 2.24) is 0 Å². The molecule has 0 atom stereocenters. The summed E-state index contributed by atoms with van der Waals surface area (Å²) in [6, 6.07) is 21.2. The van der Waals surface area contributed by atoms with E-state index in [0.29, 0.717) is 0 Å². The van der Waals surface area contributed by atoms with E-state index in [1.807, 2.05) is 12.1 Å². The molecule has 1 heteroatoms. The van der Waals surface area contributed by atoms with Crippen LogP contribution in [-0.2, 0) is 0 Å². The van der Waals surface area contributed by atoms with Gasteiger partial charge in [0, 0.05) is 0 Å². The van der Waals surface area contributed by atoms with E-state index in [0.717, 1.165) is 12.0 Å². The van der Waals surface area contributed by atoms with Gasteiger partial charge in [0.2, 0.25) is 0 Å². The van der Waals surface area contributed by atoms with Gasteiger partial charge in [-0.2, -0.15) is 5.26 Å². The average molecular weight is 398 g/mol. The molecule has 0 bridgehead atoms. The number of hydrogen-bond acceptors (Lipinski definition) is 1. The number of unbranched alkanes of at least 4 members (excludes halogenated alkanes) is 4. The molecular formula is C29H35N. The van der Waals surface area contributed by atoms with E-state index in [4.69, 9.17) is 0 Å². The van der Waals surface area contributed by atoms with Gasteiger partial charge in [0.15, 0.2) is 0 Å². The van der Waals surface area contributed by atoms with Crippen molar-refractivity contribution in [2.24, 2.45) is 5.41 Å². The van der Waals surface area contributed by atoms with Crippen LogP contribution in [0.15, 0.2) is 66.7 Å². The zero-order valence-corrected chi connectivity index (χ0v) is 18.7. The summed E-state index contributed by atoms with van der Waals surface area (Å²) in [5, 5.41) is 9.45. The minimum absolute atomic E-state index is 0.237. The van der Waals surface area contributed by atoms with Crippen molar-refractivity contribution in [2.45, 2.75) is 71.6 Å². The van der Waals surface area contributed by atoms with Crippen molar-refractivity contribution in [1.29, 1.82) is 5.26 Å². The van der Waals surface area contributed by atoms with Crippen molar-refractivity contribution in [3.8, 4) is 6.07 Å². The van der Waals surface area contributed by atoms with Crippen LogP contribution in [0.25, 0.3) is 11.1 Å². The van der Waals surface area contributed by atoms with Crippen LogP contribution < -0.4 is 0 Å². The first-order valence-electron chi connectivity index (χ1n) is 11.7. The van der Waals surface area contributed by atoms with Gasteiger partial charge in [0.1, 0.15) is 0 Å². The van der Waals surface area contributed by atoms with Crippen LogP contribution in [0.3, 0.4) is 0 Å². The molecule has 2 aromatic carbocycles. The highest BCUT2D eigenvalue weighted by molar-refractivity contribution is 5.97. The monoisotopic (exact) mass is 397 g/mol. The Morgan fingerprint density at radius 3 is 2.13 bits per heavy atom.